The highest BCUT2D eigenvalue weighted by molar-refractivity contribution is 5.91. The Labute approximate surface area is 119 Å². The first-order valence-corrected chi connectivity index (χ1v) is 6.13. The molecule has 1 heterocycles. The number of aromatic nitrogens is 2. The summed E-state index contributed by atoms with van der Waals surface area (Å²) in [5.41, 5.74) is 5.78. The lowest BCUT2D eigenvalue weighted by molar-refractivity contribution is 0.0946. The number of carbonyl (C=O) groups is 1. The van der Waals surface area contributed by atoms with Gasteiger partial charge in [0.05, 0.1) is 6.54 Å². The van der Waals surface area contributed by atoms with Gasteiger partial charge in [-0.15, -0.1) is 0 Å². The number of amides is 1. The van der Waals surface area contributed by atoms with Crippen LogP contribution in [0.1, 0.15) is 21.6 Å². The zero-order valence-corrected chi connectivity index (χ0v) is 11.0. The third kappa shape index (κ3) is 3.81. The van der Waals surface area contributed by atoms with E-state index in [1.54, 1.807) is 0 Å². The summed E-state index contributed by atoms with van der Waals surface area (Å²) in [6, 6.07) is 4.35. The van der Waals surface area contributed by atoms with Gasteiger partial charge in [-0.1, -0.05) is 11.8 Å². The van der Waals surface area contributed by atoms with Gasteiger partial charge in [0.1, 0.15) is 11.5 Å². The zero-order chi connectivity index (χ0) is 15.2. The Hall–Kier alpha value is -2.85. The SMILES string of the molecule is NCC#Cc1ccc(F)c(CNC(=O)c2c[nH]c(=O)[nH]2)c1. The van der Waals surface area contributed by atoms with Crippen molar-refractivity contribution in [1.29, 1.82) is 0 Å². The van der Waals surface area contributed by atoms with Gasteiger partial charge in [-0.3, -0.25) is 4.79 Å². The van der Waals surface area contributed by atoms with Gasteiger partial charge in [-0.05, 0) is 18.2 Å². The second-order valence-corrected chi connectivity index (χ2v) is 4.15. The van der Waals surface area contributed by atoms with Gasteiger partial charge in [-0.2, -0.15) is 0 Å². The van der Waals surface area contributed by atoms with Crippen LogP contribution < -0.4 is 16.7 Å². The number of benzene rings is 1. The van der Waals surface area contributed by atoms with Crippen LogP contribution in [0.15, 0.2) is 29.2 Å². The van der Waals surface area contributed by atoms with E-state index >= 15 is 0 Å². The lowest BCUT2D eigenvalue weighted by atomic mass is 10.1. The van der Waals surface area contributed by atoms with Crippen molar-refractivity contribution in [2.75, 3.05) is 6.54 Å². The van der Waals surface area contributed by atoms with Gasteiger partial charge >= 0.3 is 5.69 Å². The smallest absolute Gasteiger partial charge is 0.323 e. The minimum Gasteiger partial charge on any atom is -0.347 e. The minimum absolute atomic E-state index is 0.0178. The number of nitrogens with one attached hydrogen (secondary N) is 3. The van der Waals surface area contributed by atoms with Gasteiger partial charge in [0, 0.05) is 23.9 Å². The van der Waals surface area contributed by atoms with Crippen LogP contribution in [0.25, 0.3) is 0 Å². The number of carbonyl (C=O) groups excluding carboxylic acids is 1. The normalized spacial score (nSPS) is 9.81. The maximum absolute atomic E-state index is 13.7. The molecule has 0 spiro atoms. The van der Waals surface area contributed by atoms with Crippen LogP contribution >= 0.6 is 0 Å². The standard InChI is InChI=1S/C14H13FN4O2/c15-11-4-3-9(2-1-5-16)6-10(11)7-17-13(20)12-8-18-14(21)19-12/h3-4,6,8H,5,7,16H2,(H,17,20)(H2,18,19,21). The van der Waals surface area contributed by atoms with Crippen molar-refractivity contribution >= 4 is 5.91 Å². The molecule has 0 saturated carbocycles. The fourth-order valence-electron chi connectivity index (χ4n) is 1.67. The molecule has 0 atom stereocenters. The van der Waals surface area contributed by atoms with E-state index in [4.69, 9.17) is 5.73 Å². The fraction of sp³-hybridized carbons (Fsp3) is 0.143. The first kappa shape index (κ1) is 14.6. The lowest BCUT2D eigenvalue weighted by Crippen LogP contribution is -2.24. The molecule has 0 bridgehead atoms. The number of halogens is 1. The molecule has 0 aliphatic rings. The van der Waals surface area contributed by atoms with Crippen LogP contribution in [0.5, 0.6) is 0 Å². The first-order valence-electron chi connectivity index (χ1n) is 6.13. The molecule has 0 aliphatic heterocycles. The number of hydrogen-bond donors (Lipinski definition) is 4. The van der Waals surface area contributed by atoms with E-state index in [0.717, 1.165) is 0 Å². The fourth-order valence-corrected chi connectivity index (χ4v) is 1.67. The summed E-state index contributed by atoms with van der Waals surface area (Å²) in [6.07, 6.45) is 1.25. The van der Waals surface area contributed by atoms with Crippen LogP contribution in [0.2, 0.25) is 0 Å². The number of imidazole rings is 1. The Kier molecular flexibility index (Phi) is 4.53. The molecular formula is C14H13FN4O2. The maximum atomic E-state index is 13.7. The predicted molar refractivity (Wildman–Crippen MR) is 74.9 cm³/mol. The highest BCUT2D eigenvalue weighted by Gasteiger charge is 2.09. The number of nitrogens with two attached hydrogens (primary N) is 1. The molecule has 1 aromatic carbocycles. The average Bonchev–Trinajstić information content (AvgIpc) is 2.91. The molecule has 0 aliphatic carbocycles. The molecule has 1 aromatic heterocycles. The van der Waals surface area contributed by atoms with E-state index in [0.29, 0.717) is 11.1 Å². The molecule has 0 saturated heterocycles. The molecule has 5 N–H and O–H groups in total. The Morgan fingerprint density at radius 3 is 2.90 bits per heavy atom. The van der Waals surface area contributed by atoms with E-state index in [1.807, 2.05) is 0 Å². The van der Waals surface area contributed by atoms with Gasteiger partial charge in [0.2, 0.25) is 0 Å². The summed E-state index contributed by atoms with van der Waals surface area (Å²) < 4.78 is 13.7. The lowest BCUT2D eigenvalue weighted by Gasteiger charge is -2.05. The highest BCUT2D eigenvalue weighted by Crippen LogP contribution is 2.10. The van der Waals surface area contributed by atoms with E-state index in [1.165, 1.54) is 24.4 Å². The van der Waals surface area contributed by atoms with E-state index in [2.05, 4.69) is 27.1 Å². The van der Waals surface area contributed by atoms with E-state index in [9.17, 15) is 14.0 Å². The number of rotatable bonds is 3. The minimum atomic E-state index is -0.508. The van der Waals surface area contributed by atoms with Crippen molar-refractivity contribution < 1.29 is 9.18 Å². The second-order valence-electron chi connectivity index (χ2n) is 4.15. The van der Waals surface area contributed by atoms with Gasteiger partial charge in [0.15, 0.2) is 0 Å². The van der Waals surface area contributed by atoms with Crippen LogP contribution in [0.4, 0.5) is 4.39 Å². The number of H-pyrrole nitrogens is 2. The molecule has 0 fully saturated rings. The summed E-state index contributed by atoms with van der Waals surface area (Å²) >= 11 is 0. The Morgan fingerprint density at radius 1 is 1.43 bits per heavy atom. The summed E-state index contributed by atoms with van der Waals surface area (Å²) in [5.74, 6) is 4.50. The number of hydrogen-bond acceptors (Lipinski definition) is 3. The summed E-state index contributed by atoms with van der Waals surface area (Å²) in [4.78, 5) is 27.3. The maximum Gasteiger partial charge on any atom is 0.323 e. The Morgan fingerprint density at radius 2 is 2.24 bits per heavy atom. The molecule has 2 rings (SSSR count). The Bertz CT molecular complexity index is 767. The van der Waals surface area contributed by atoms with Crippen molar-refractivity contribution in [3.8, 4) is 11.8 Å². The molecule has 6 nitrogen and oxygen atoms in total. The largest absolute Gasteiger partial charge is 0.347 e. The van der Waals surface area contributed by atoms with E-state index in [-0.39, 0.29) is 18.8 Å². The molecule has 2 aromatic rings. The van der Waals surface area contributed by atoms with Crippen LogP contribution in [-0.4, -0.2) is 22.4 Å². The van der Waals surface area contributed by atoms with Crippen LogP contribution in [-0.2, 0) is 6.54 Å². The summed E-state index contributed by atoms with van der Waals surface area (Å²) in [5, 5.41) is 2.51. The molecule has 108 valence electrons. The summed E-state index contributed by atoms with van der Waals surface area (Å²) in [6.45, 7) is 0.195. The highest BCUT2D eigenvalue weighted by atomic mass is 19.1. The van der Waals surface area contributed by atoms with Crippen molar-refractivity contribution in [2.24, 2.45) is 5.73 Å². The van der Waals surface area contributed by atoms with Crippen molar-refractivity contribution in [1.82, 2.24) is 15.3 Å². The van der Waals surface area contributed by atoms with Gasteiger partial charge < -0.3 is 21.0 Å². The quantitative estimate of drug-likeness (QED) is 0.601. The van der Waals surface area contributed by atoms with Gasteiger partial charge in [-0.25, -0.2) is 9.18 Å². The first-order chi connectivity index (χ1) is 10.1. The molecule has 0 radical (unpaired) electrons. The zero-order valence-electron chi connectivity index (χ0n) is 11.0. The topological polar surface area (TPSA) is 104 Å². The monoisotopic (exact) mass is 288 g/mol. The molecule has 0 unspecified atom stereocenters. The molecule has 1 amide bonds. The van der Waals surface area contributed by atoms with Gasteiger partial charge in [0.25, 0.3) is 5.91 Å². The molecular weight excluding hydrogens is 275 g/mol. The Balaban J connectivity index is 2.08. The van der Waals surface area contributed by atoms with Crippen LogP contribution in [0.3, 0.4) is 0 Å². The molecule has 21 heavy (non-hydrogen) atoms. The van der Waals surface area contributed by atoms with Crippen molar-refractivity contribution in [2.45, 2.75) is 6.54 Å². The molecule has 7 heteroatoms. The van der Waals surface area contributed by atoms with Crippen molar-refractivity contribution in [3.05, 3.63) is 57.5 Å². The third-order valence-corrected chi connectivity index (χ3v) is 2.66. The van der Waals surface area contributed by atoms with Crippen LogP contribution in [0, 0.1) is 17.7 Å². The second kappa shape index (κ2) is 6.54. The van der Waals surface area contributed by atoms with Crippen molar-refractivity contribution in [3.63, 3.8) is 0 Å². The van der Waals surface area contributed by atoms with E-state index < -0.39 is 17.4 Å². The third-order valence-electron chi connectivity index (χ3n) is 2.66. The predicted octanol–water partition coefficient (Wildman–Crippen LogP) is 0.0823. The summed E-state index contributed by atoms with van der Waals surface area (Å²) in [7, 11) is 0. The average molecular weight is 288 g/mol. The number of aromatic amines is 2.